The molecule has 166 valence electrons. The zero-order valence-corrected chi connectivity index (χ0v) is 21.0. The Bertz CT molecular complexity index is 645. The lowest BCUT2D eigenvalue weighted by atomic mass is 10.1. The third-order valence-electron chi connectivity index (χ3n) is 5.10. The normalized spacial score (nSPS) is 14.4. The van der Waals surface area contributed by atoms with E-state index in [0.717, 1.165) is 6.42 Å². The van der Waals surface area contributed by atoms with E-state index in [2.05, 4.69) is 46.0 Å². The summed E-state index contributed by atoms with van der Waals surface area (Å²) in [7, 11) is -5.40. The first-order valence-electron chi connectivity index (χ1n) is 10.4. The van der Waals surface area contributed by atoms with E-state index in [0.29, 0.717) is 13.0 Å². The first-order valence-corrected chi connectivity index (χ1v) is 14.8. The maximum atomic E-state index is 12.8. The molecule has 1 aromatic rings. The van der Waals surface area contributed by atoms with Gasteiger partial charge in [-0.1, -0.05) is 63.3 Å². The van der Waals surface area contributed by atoms with Gasteiger partial charge < -0.3 is 4.43 Å². The van der Waals surface area contributed by atoms with Gasteiger partial charge in [0, 0.05) is 0 Å². The highest BCUT2D eigenvalue weighted by Crippen LogP contribution is 2.51. The minimum Gasteiger partial charge on any atom is -0.413 e. The molecule has 0 aliphatic carbocycles. The molecule has 0 N–H and O–H groups in total. The van der Waals surface area contributed by atoms with Gasteiger partial charge in [0.25, 0.3) is 0 Å². The minimum atomic E-state index is -3.59. The summed E-state index contributed by atoms with van der Waals surface area (Å²) in [6, 6.07) is 10.2. The second kappa shape index (κ2) is 12.2. The van der Waals surface area contributed by atoms with Crippen molar-refractivity contribution in [1.82, 2.24) is 0 Å². The summed E-state index contributed by atoms with van der Waals surface area (Å²) in [6.07, 6.45) is 4.96. The van der Waals surface area contributed by atoms with Gasteiger partial charge in [-0.05, 0) is 50.4 Å². The highest BCUT2D eigenvalue weighted by atomic mass is 31.2. The van der Waals surface area contributed by atoms with E-state index in [4.69, 9.17) is 18.0 Å². The van der Waals surface area contributed by atoms with Gasteiger partial charge in [0.2, 0.25) is 0 Å². The Balaban J connectivity index is 2.81. The summed E-state index contributed by atoms with van der Waals surface area (Å²) < 4.78 is 35.5. The van der Waals surface area contributed by atoms with Gasteiger partial charge in [0.05, 0.1) is 25.9 Å². The number of rotatable bonds is 13. The van der Waals surface area contributed by atoms with E-state index in [-0.39, 0.29) is 24.4 Å². The summed E-state index contributed by atoms with van der Waals surface area (Å²) in [5, 5.41) is 0.156. The quantitative estimate of drug-likeness (QED) is 0.192. The summed E-state index contributed by atoms with van der Waals surface area (Å²) >= 11 is 0. The smallest absolute Gasteiger partial charge is 0.413 e. The van der Waals surface area contributed by atoms with Crippen molar-refractivity contribution in [3.63, 3.8) is 0 Å². The standard InChI is InChI=1S/C22H39O5PSi/c1-8-24-28(23,25-9-2)27-21(18-17-20-14-11-10-12-15-20)16-13-19-26-29(6,7)22(3,4)5/h10-16,21H,8-9,17-19H2,1-7H3/b16-13-. The molecule has 7 heteroatoms. The third kappa shape index (κ3) is 9.73. The van der Waals surface area contributed by atoms with Crippen LogP contribution in [0.2, 0.25) is 18.1 Å². The molecule has 0 amide bonds. The molecule has 1 atom stereocenters. The van der Waals surface area contributed by atoms with E-state index in [1.165, 1.54) is 5.56 Å². The van der Waals surface area contributed by atoms with Crippen molar-refractivity contribution in [2.75, 3.05) is 19.8 Å². The van der Waals surface area contributed by atoms with Crippen molar-refractivity contribution in [2.24, 2.45) is 0 Å². The van der Waals surface area contributed by atoms with Crippen molar-refractivity contribution in [1.29, 1.82) is 0 Å². The number of hydrogen-bond donors (Lipinski definition) is 0. The highest BCUT2D eigenvalue weighted by Gasteiger charge is 2.36. The molecule has 0 saturated carbocycles. The van der Waals surface area contributed by atoms with Crippen LogP contribution in [-0.2, 0) is 29.0 Å². The molecule has 0 aromatic heterocycles. The summed E-state index contributed by atoms with van der Waals surface area (Å²) in [6.45, 7) is 15.7. The number of aryl methyl sites for hydroxylation is 1. The zero-order chi connectivity index (χ0) is 22.0. The second-order valence-corrected chi connectivity index (χ2v) is 14.9. The van der Waals surface area contributed by atoms with Gasteiger partial charge >= 0.3 is 7.82 Å². The fourth-order valence-electron chi connectivity index (χ4n) is 2.40. The molecule has 1 aromatic carbocycles. The van der Waals surface area contributed by atoms with E-state index in [1.807, 2.05) is 30.4 Å². The first-order chi connectivity index (χ1) is 13.5. The summed E-state index contributed by atoms with van der Waals surface area (Å²) in [4.78, 5) is 0. The van der Waals surface area contributed by atoms with Crippen LogP contribution in [0.15, 0.2) is 42.5 Å². The average Bonchev–Trinajstić information content (AvgIpc) is 2.63. The first kappa shape index (κ1) is 26.3. The van der Waals surface area contributed by atoms with Crippen LogP contribution >= 0.6 is 7.82 Å². The fourth-order valence-corrected chi connectivity index (χ4v) is 4.68. The molecule has 0 bridgehead atoms. The molecule has 0 aliphatic heterocycles. The molecular formula is C22H39O5PSi. The minimum absolute atomic E-state index is 0.156. The molecule has 5 nitrogen and oxygen atoms in total. The molecule has 1 rings (SSSR count). The van der Waals surface area contributed by atoms with Crippen molar-refractivity contribution in [2.45, 2.75) is 71.7 Å². The lowest BCUT2D eigenvalue weighted by Gasteiger charge is -2.35. The van der Waals surface area contributed by atoms with Crippen molar-refractivity contribution < 1.29 is 22.6 Å². The van der Waals surface area contributed by atoms with E-state index < -0.39 is 16.1 Å². The van der Waals surface area contributed by atoms with Crippen molar-refractivity contribution in [3.8, 4) is 0 Å². The van der Waals surface area contributed by atoms with Crippen LogP contribution in [0.25, 0.3) is 0 Å². The van der Waals surface area contributed by atoms with Gasteiger partial charge in [0.1, 0.15) is 0 Å². The van der Waals surface area contributed by atoms with Crippen molar-refractivity contribution >= 4 is 16.1 Å². The zero-order valence-electron chi connectivity index (χ0n) is 19.1. The predicted octanol–water partition coefficient (Wildman–Crippen LogP) is 6.76. The van der Waals surface area contributed by atoms with Gasteiger partial charge in [0.15, 0.2) is 8.32 Å². The maximum Gasteiger partial charge on any atom is 0.475 e. The number of benzene rings is 1. The SMILES string of the molecule is CCOP(=O)(OCC)OC(/C=C\CO[Si](C)(C)C(C)(C)C)CCc1ccccc1. The monoisotopic (exact) mass is 442 g/mol. The molecule has 1 unspecified atom stereocenters. The number of phosphoric acid groups is 1. The largest absolute Gasteiger partial charge is 0.475 e. The van der Waals surface area contributed by atoms with Crippen molar-refractivity contribution in [3.05, 3.63) is 48.0 Å². The number of phosphoric ester groups is 1. The Morgan fingerprint density at radius 2 is 1.66 bits per heavy atom. The van der Waals surface area contributed by atoms with Gasteiger partial charge in [-0.3, -0.25) is 13.6 Å². The maximum absolute atomic E-state index is 12.8. The van der Waals surface area contributed by atoms with E-state index >= 15 is 0 Å². The van der Waals surface area contributed by atoms with Gasteiger partial charge in [-0.15, -0.1) is 0 Å². The van der Waals surface area contributed by atoms with Crippen LogP contribution in [0.3, 0.4) is 0 Å². The molecule has 0 radical (unpaired) electrons. The Morgan fingerprint density at radius 1 is 1.07 bits per heavy atom. The molecular weight excluding hydrogens is 403 g/mol. The van der Waals surface area contributed by atoms with Crippen LogP contribution in [0.1, 0.15) is 46.6 Å². The molecule has 0 aliphatic rings. The van der Waals surface area contributed by atoms with Gasteiger partial charge in [-0.25, -0.2) is 4.57 Å². The lowest BCUT2D eigenvalue weighted by Crippen LogP contribution is -2.40. The Morgan fingerprint density at radius 3 is 2.17 bits per heavy atom. The topological polar surface area (TPSA) is 54.0 Å². The highest BCUT2D eigenvalue weighted by molar-refractivity contribution is 7.48. The number of hydrogen-bond acceptors (Lipinski definition) is 5. The molecule has 0 fully saturated rings. The van der Waals surface area contributed by atoms with E-state index in [9.17, 15) is 4.57 Å². The van der Waals surface area contributed by atoms with Crippen LogP contribution in [-0.4, -0.2) is 34.2 Å². The summed E-state index contributed by atoms with van der Waals surface area (Å²) in [5.74, 6) is 0. The van der Waals surface area contributed by atoms with Crippen LogP contribution < -0.4 is 0 Å². The van der Waals surface area contributed by atoms with Gasteiger partial charge in [-0.2, -0.15) is 0 Å². The Hall–Kier alpha value is -0.753. The van der Waals surface area contributed by atoms with Crippen LogP contribution in [0, 0.1) is 0 Å². The lowest BCUT2D eigenvalue weighted by molar-refractivity contribution is 0.0975. The second-order valence-electron chi connectivity index (χ2n) is 8.45. The Kier molecular flexibility index (Phi) is 11.0. The molecule has 29 heavy (non-hydrogen) atoms. The molecule has 0 spiro atoms. The average molecular weight is 443 g/mol. The molecule has 0 heterocycles. The Labute approximate surface area is 178 Å². The molecule has 0 saturated heterocycles. The fraction of sp³-hybridized carbons (Fsp3) is 0.636. The summed E-state index contributed by atoms with van der Waals surface area (Å²) in [5.41, 5.74) is 1.20. The predicted molar refractivity (Wildman–Crippen MR) is 123 cm³/mol. The van der Waals surface area contributed by atoms with Crippen LogP contribution in [0.4, 0.5) is 0 Å². The van der Waals surface area contributed by atoms with Crippen LogP contribution in [0.5, 0.6) is 0 Å². The van der Waals surface area contributed by atoms with E-state index in [1.54, 1.807) is 13.8 Å². The third-order valence-corrected chi connectivity index (χ3v) is 11.3.